The molecule has 1 aliphatic heterocycles. The van der Waals surface area contributed by atoms with Crippen molar-refractivity contribution in [1.29, 1.82) is 0 Å². The van der Waals surface area contributed by atoms with E-state index in [4.69, 9.17) is 0 Å². The number of benzene rings is 2. The number of rotatable bonds is 4. The highest BCUT2D eigenvalue weighted by molar-refractivity contribution is 5.93. The fourth-order valence-corrected chi connectivity index (χ4v) is 3.02. The molecule has 27 heavy (non-hydrogen) atoms. The molecule has 1 aliphatic rings. The standard InChI is InChI=1S/C20H22FN3O3/c1-27-19(25)15-6-4-7-17(13-15)22-20(26)24-11-9-23(10-12-24)14-16-5-2-3-8-18(16)21/h2-8,13H,9-12,14H2,1H3,(H,22,26). The number of anilines is 1. The summed E-state index contributed by atoms with van der Waals surface area (Å²) in [5, 5.41) is 2.81. The van der Waals surface area contributed by atoms with Crippen molar-refractivity contribution in [1.82, 2.24) is 9.80 Å². The average molecular weight is 371 g/mol. The highest BCUT2D eigenvalue weighted by atomic mass is 19.1. The van der Waals surface area contributed by atoms with E-state index in [0.717, 1.165) is 0 Å². The molecule has 2 amide bonds. The van der Waals surface area contributed by atoms with Crippen LogP contribution in [-0.4, -0.2) is 55.1 Å². The number of amides is 2. The SMILES string of the molecule is COC(=O)c1cccc(NC(=O)N2CCN(Cc3ccccc3F)CC2)c1. The highest BCUT2D eigenvalue weighted by Gasteiger charge is 2.22. The quantitative estimate of drug-likeness (QED) is 0.840. The van der Waals surface area contributed by atoms with Crippen LogP contribution >= 0.6 is 0 Å². The molecular weight excluding hydrogens is 349 g/mol. The predicted octanol–water partition coefficient (Wildman–Crippen LogP) is 2.96. The Morgan fingerprint density at radius 1 is 1.07 bits per heavy atom. The van der Waals surface area contributed by atoms with Crippen LogP contribution in [0.2, 0.25) is 0 Å². The predicted molar refractivity (Wildman–Crippen MR) is 100 cm³/mol. The Morgan fingerprint density at radius 3 is 2.52 bits per heavy atom. The van der Waals surface area contributed by atoms with Crippen molar-refractivity contribution in [3.63, 3.8) is 0 Å². The minimum absolute atomic E-state index is 0.205. The zero-order valence-electron chi connectivity index (χ0n) is 15.2. The van der Waals surface area contributed by atoms with Crippen LogP contribution in [0.4, 0.5) is 14.9 Å². The molecule has 142 valence electrons. The second-order valence-corrected chi connectivity index (χ2v) is 6.36. The first-order valence-corrected chi connectivity index (χ1v) is 8.77. The first-order chi connectivity index (χ1) is 13.1. The lowest BCUT2D eigenvalue weighted by Gasteiger charge is -2.34. The Bertz CT molecular complexity index is 820. The first kappa shape index (κ1) is 18.8. The summed E-state index contributed by atoms with van der Waals surface area (Å²) in [5.41, 5.74) is 1.58. The van der Waals surface area contributed by atoms with Crippen molar-refractivity contribution in [2.45, 2.75) is 6.54 Å². The maximum atomic E-state index is 13.8. The van der Waals surface area contributed by atoms with Gasteiger partial charge >= 0.3 is 12.0 Å². The normalized spacial score (nSPS) is 14.7. The number of hydrogen-bond donors (Lipinski definition) is 1. The molecule has 1 fully saturated rings. The van der Waals surface area contributed by atoms with Crippen LogP contribution in [0.15, 0.2) is 48.5 Å². The molecule has 2 aromatic carbocycles. The minimum Gasteiger partial charge on any atom is -0.465 e. The second kappa shape index (κ2) is 8.64. The van der Waals surface area contributed by atoms with Crippen molar-refractivity contribution in [3.8, 4) is 0 Å². The fourth-order valence-electron chi connectivity index (χ4n) is 3.02. The van der Waals surface area contributed by atoms with E-state index in [1.807, 2.05) is 6.07 Å². The molecule has 0 unspecified atom stereocenters. The Balaban J connectivity index is 1.53. The molecule has 0 spiro atoms. The summed E-state index contributed by atoms with van der Waals surface area (Å²) in [6, 6.07) is 13.1. The molecule has 0 bridgehead atoms. The van der Waals surface area contributed by atoms with Gasteiger partial charge in [0, 0.05) is 44.0 Å². The van der Waals surface area contributed by atoms with Gasteiger partial charge in [-0.2, -0.15) is 0 Å². The summed E-state index contributed by atoms with van der Waals surface area (Å²) in [5.74, 6) is -0.656. The number of urea groups is 1. The summed E-state index contributed by atoms with van der Waals surface area (Å²) < 4.78 is 18.5. The molecule has 1 heterocycles. The zero-order chi connectivity index (χ0) is 19.2. The van der Waals surface area contributed by atoms with Crippen LogP contribution in [0.25, 0.3) is 0 Å². The van der Waals surface area contributed by atoms with E-state index in [9.17, 15) is 14.0 Å². The molecule has 0 aromatic heterocycles. The lowest BCUT2D eigenvalue weighted by molar-refractivity contribution is 0.0600. The highest BCUT2D eigenvalue weighted by Crippen LogP contribution is 2.15. The van der Waals surface area contributed by atoms with Crippen LogP contribution in [0.1, 0.15) is 15.9 Å². The number of nitrogens with one attached hydrogen (secondary N) is 1. The molecule has 1 saturated heterocycles. The zero-order valence-corrected chi connectivity index (χ0v) is 15.2. The number of hydrogen-bond acceptors (Lipinski definition) is 4. The van der Waals surface area contributed by atoms with Gasteiger partial charge in [0.05, 0.1) is 12.7 Å². The number of methoxy groups -OCH3 is 1. The van der Waals surface area contributed by atoms with E-state index in [1.54, 1.807) is 41.3 Å². The summed E-state index contributed by atoms with van der Waals surface area (Å²) in [7, 11) is 1.31. The van der Waals surface area contributed by atoms with Gasteiger partial charge in [0.25, 0.3) is 0 Å². The van der Waals surface area contributed by atoms with Crippen molar-refractivity contribution < 1.29 is 18.7 Å². The number of esters is 1. The van der Waals surface area contributed by atoms with Gasteiger partial charge in [-0.1, -0.05) is 24.3 Å². The van der Waals surface area contributed by atoms with Gasteiger partial charge in [0.2, 0.25) is 0 Å². The molecule has 2 aromatic rings. The van der Waals surface area contributed by atoms with Crippen LogP contribution in [0.3, 0.4) is 0 Å². The van der Waals surface area contributed by atoms with Crippen LogP contribution in [-0.2, 0) is 11.3 Å². The van der Waals surface area contributed by atoms with Gasteiger partial charge in [0.15, 0.2) is 0 Å². The Hall–Kier alpha value is -2.93. The first-order valence-electron chi connectivity index (χ1n) is 8.77. The molecular formula is C20H22FN3O3. The summed E-state index contributed by atoms with van der Waals surface area (Å²) >= 11 is 0. The van der Waals surface area contributed by atoms with Crippen molar-refractivity contribution in [2.75, 3.05) is 38.6 Å². The molecule has 0 saturated carbocycles. The van der Waals surface area contributed by atoms with Crippen molar-refractivity contribution in [2.24, 2.45) is 0 Å². The van der Waals surface area contributed by atoms with Crippen LogP contribution in [0, 0.1) is 5.82 Å². The number of piperazine rings is 1. The molecule has 0 aliphatic carbocycles. The minimum atomic E-state index is -0.451. The number of nitrogens with zero attached hydrogens (tertiary/aromatic N) is 2. The van der Waals surface area contributed by atoms with Crippen molar-refractivity contribution in [3.05, 3.63) is 65.5 Å². The average Bonchev–Trinajstić information content (AvgIpc) is 2.70. The third-order valence-corrected chi connectivity index (χ3v) is 4.55. The number of carbonyl (C=O) groups is 2. The van der Waals surface area contributed by atoms with Crippen molar-refractivity contribution >= 4 is 17.7 Å². The Morgan fingerprint density at radius 2 is 1.81 bits per heavy atom. The van der Waals surface area contributed by atoms with E-state index >= 15 is 0 Å². The summed E-state index contributed by atoms with van der Waals surface area (Å²) in [4.78, 5) is 27.9. The monoisotopic (exact) mass is 371 g/mol. The van der Waals surface area contributed by atoms with Gasteiger partial charge in [-0.15, -0.1) is 0 Å². The topological polar surface area (TPSA) is 61.9 Å². The summed E-state index contributed by atoms with van der Waals surface area (Å²) in [6.07, 6.45) is 0. The smallest absolute Gasteiger partial charge is 0.337 e. The largest absolute Gasteiger partial charge is 0.465 e. The van der Waals surface area contributed by atoms with Gasteiger partial charge in [0.1, 0.15) is 5.82 Å². The van der Waals surface area contributed by atoms with Gasteiger partial charge in [-0.25, -0.2) is 14.0 Å². The molecule has 3 rings (SSSR count). The molecule has 0 radical (unpaired) electrons. The van der Waals surface area contributed by atoms with Gasteiger partial charge in [-0.3, -0.25) is 4.90 Å². The third-order valence-electron chi connectivity index (χ3n) is 4.55. The van der Waals surface area contributed by atoms with Crippen LogP contribution in [0.5, 0.6) is 0 Å². The van der Waals surface area contributed by atoms with E-state index < -0.39 is 5.97 Å². The van der Waals surface area contributed by atoms with Gasteiger partial charge < -0.3 is 15.0 Å². The maximum absolute atomic E-state index is 13.8. The fraction of sp³-hybridized carbons (Fsp3) is 0.300. The molecule has 0 atom stereocenters. The Kier molecular flexibility index (Phi) is 6.03. The van der Waals surface area contributed by atoms with E-state index in [2.05, 4.69) is 15.0 Å². The molecule has 7 heteroatoms. The second-order valence-electron chi connectivity index (χ2n) is 6.36. The van der Waals surface area contributed by atoms with Crippen LogP contribution < -0.4 is 5.32 Å². The summed E-state index contributed by atoms with van der Waals surface area (Å²) in [6.45, 7) is 2.98. The van der Waals surface area contributed by atoms with Gasteiger partial charge in [-0.05, 0) is 24.3 Å². The van der Waals surface area contributed by atoms with E-state index in [1.165, 1.54) is 13.2 Å². The molecule has 6 nitrogen and oxygen atoms in total. The molecule has 1 N–H and O–H groups in total. The van der Waals surface area contributed by atoms with E-state index in [0.29, 0.717) is 49.5 Å². The lowest BCUT2D eigenvalue weighted by Crippen LogP contribution is -2.49. The maximum Gasteiger partial charge on any atom is 0.337 e. The third kappa shape index (κ3) is 4.83. The number of halogens is 1. The van der Waals surface area contributed by atoms with E-state index in [-0.39, 0.29) is 11.8 Å². The number of ether oxygens (including phenoxy) is 1. The number of carbonyl (C=O) groups excluding carboxylic acids is 2. The Labute approximate surface area is 157 Å². The lowest BCUT2D eigenvalue weighted by atomic mass is 10.2.